The minimum absolute atomic E-state index is 0.164. The Morgan fingerprint density at radius 1 is 1.32 bits per heavy atom. The van der Waals surface area contributed by atoms with Crippen LogP contribution in [0, 0.1) is 6.92 Å². The summed E-state index contributed by atoms with van der Waals surface area (Å²) < 4.78 is 3.31. The number of rotatable bonds is 3. The third-order valence-electron chi connectivity index (χ3n) is 2.93. The molecule has 0 saturated carbocycles. The van der Waals surface area contributed by atoms with Gasteiger partial charge in [-0.25, -0.2) is 4.68 Å². The molecule has 0 aliphatic heterocycles. The Balaban J connectivity index is 1.87. The molecular weight excluding hydrogens is 434 g/mol. The smallest absolute Gasteiger partial charge is 0.265 e. The number of hydrogen-bond donors (Lipinski definition) is 1. The molecule has 2 heterocycles. The van der Waals surface area contributed by atoms with Crippen LogP contribution in [0.25, 0.3) is 5.69 Å². The Labute approximate surface area is 146 Å². The summed E-state index contributed by atoms with van der Waals surface area (Å²) in [7, 11) is 0. The van der Waals surface area contributed by atoms with Crippen LogP contribution in [-0.4, -0.2) is 26.1 Å². The van der Waals surface area contributed by atoms with Gasteiger partial charge in [0.05, 0.1) is 14.4 Å². The number of aryl methyl sites for hydroxylation is 1. The van der Waals surface area contributed by atoms with Crippen LogP contribution < -0.4 is 5.32 Å². The molecule has 0 saturated heterocycles. The first-order valence-corrected chi connectivity index (χ1v) is 8.55. The van der Waals surface area contributed by atoms with Gasteiger partial charge in [0.15, 0.2) is 0 Å². The fraction of sp³-hybridized carbons (Fsp3) is 0.0769. The van der Waals surface area contributed by atoms with Crippen molar-refractivity contribution in [1.29, 1.82) is 0 Å². The lowest BCUT2D eigenvalue weighted by Gasteiger charge is -2.08. The van der Waals surface area contributed by atoms with Crippen molar-refractivity contribution < 1.29 is 4.79 Å². The maximum absolute atomic E-state index is 12.3. The number of amides is 1. The van der Waals surface area contributed by atoms with E-state index >= 15 is 0 Å². The van der Waals surface area contributed by atoms with Crippen LogP contribution in [0.1, 0.15) is 15.2 Å². The SMILES string of the molecule is Cc1ccc(NC(=O)c2cc(Br)c(Br)s2)cc1-n1cnnn1. The number of benzene rings is 1. The largest absolute Gasteiger partial charge is 0.321 e. The molecule has 0 bridgehead atoms. The van der Waals surface area contributed by atoms with Gasteiger partial charge in [-0.3, -0.25) is 4.79 Å². The average molecular weight is 443 g/mol. The van der Waals surface area contributed by atoms with Crippen LogP contribution in [0.4, 0.5) is 5.69 Å². The molecule has 9 heteroatoms. The summed E-state index contributed by atoms with van der Waals surface area (Å²) in [5.74, 6) is -0.164. The number of anilines is 1. The molecule has 0 spiro atoms. The fourth-order valence-corrected chi connectivity index (χ4v) is 3.79. The lowest BCUT2D eigenvalue weighted by molar-refractivity contribution is 0.103. The van der Waals surface area contributed by atoms with E-state index in [-0.39, 0.29) is 5.91 Å². The molecule has 3 aromatic rings. The number of thiophene rings is 1. The van der Waals surface area contributed by atoms with Crippen LogP contribution in [0.3, 0.4) is 0 Å². The zero-order valence-electron chi connectivity index (χ0n) is 11.2. The second-order valence-corrected chi connectivity index (χ2v) is 7.67. The van der Waals surface area contributed by atoms with Gasteiger partial charge in [0.25, 0.3) is 5.91 Å². The van der Waals surface area contributed by atoms with Crippen molar-refractivity contribution in [3.8, 4) is 5.69 Å². The molecule has 0 fully saturated rings. The highest BCUT2D eigenvalue weighted by atomic mass is 79.9. The molecule has 0 aliphatic carbocycles. The normalized spacial score (nSPS) is 10.7. The van der Waals surface area contributed by atoms with E-state index in [0.717, 1.165) is 19.5 Å². The highest BCUT2D eigenvalue weighted by molar-refractivity contribution is 9.13. The second kappa shape index (κ2) is 6.27. The first kappa shape index (κ1) is 15.3. The zero-order valence-corrected chi connectivity index (χ0v) is 15.2. The number of nitrogens with zero attached hydrogens (tertiary/aromatic N) is 4. The molecule has 1 aromatic carbocycles. The minimum atomic E-state index is -0.164. The van der Waals surface area contributed by atoms with Crippen molar-refractivity contribution in [2.75, 3.05) is 5.32 Å². The third kappa shape index (κ3) is 3.11. The summed E-state index contributed by atoms with van der Waals surface area (Å²) in [6, 6.07) is 7.37. The Morgan fingerprint density at radius 2 is 2.14 bits per heavy atom. The van der Waals surface area contributed by atoms with Crippen molar-refractivity contribution >= 4 is 54.8 Å². The predicted octanol–water partition coefficient (Wildman–Crippen LogP) is 3.81. The minimum Gasteiger partial charge on any atom is -0.321 e. The molecule has 3 rings (SSSR count). The van der Waals surface area contributed by atoms with Crippen LogP contribution >= 0.6 is 43.2 Å². The monoisotopic (exact) mass is 441 g/mol. The first-order valence-electron chi connectivity index (χ1n) is 6.15. The topological polar surface area (TPSA) is 72.7 Å². The molecule has 0 radical (unpaired) electrons. The van der Waals surface area contributed by atoms with E-state index < -0.39 is 0 Å². The molecule has 1 N–H and O–H groups in total. The maximum Gasteiger partial charge on any atom is 0.265 e. The average Bonchev–Trinajstić information content (AvgIpc) is 3.12. The zero-order chi connectivity index (χ0) is 15.7. The van der Waals surface area contributed by atoms with Gasteiger partial charge < -0.3 is 5.32 Å². The molecule has 0 unspecified atom stereocenters. The van der Waals surface area contributed by atoms with Gasteiger partial charge in [-0.1, -0.05) is 6.07 Å². The number of carbonyl (C=O) groups excluding carboxylic acids is 1. The summed E-state index contributed by atoms with van der Waals surface area (Å²) in [4.78, 5) is 12.9. The molecule has 1 amide bonds. The van der Waals surface area contributed by atoms with Gasteiger partial charge in [0.1, 0.15) is 6.33 Å². The number of carbonyl (C=O) groups is 1. The number of aromatic nitrogens is 4. The first-order chi connectivity index (χ1) is 10.5. The Kier molecular flexibility index (Phi) is 4.37. The van der Waals surface area contributed by atoms with E-state index in [0.29, 0.717) is 10.6 Å². The lowest BCUT2D eigenvalue weighted by Crippen LogP contribution is -2.11. The van der Waals surface area contributed by atoms with E-state index in [1.807, 2.05) is 25.1 Å². The van der Waals surface area contributed by atoms with Crippen molar-refractivity contribution in [2.24, 2.45) is 0 Å². The quantitative estimate of drug-likeness (QED) is 0.669. The van der Waals surface area contributed by atoms with Crippen molar-refractivity contribution in [3.63, 3.8) is 0 Å². The fourth-order valence-electron chi connectivity index (χ4n) is 1.86. The van der Waals surface area contributed by atoms with Crippen LogP contribution in [0.15, 0.2) is 38.9 Å². The molecule has 2 aromatic heterocycles. The Bertz CT molecular complexity index is 812. The van der Waals surface area contributed by atoms with Crippen molar-refractivity contribution in [3.05, 3.63) is 49.3 Å². The maximum atomic E-state index is 12.3. The third-order valence-corrected chi connectivity index (χ3v) is 6.19. The lowest BCUT2D eigenvalue weighted by atomic mass is 10.2. The summed E-state index contributed by atoms with van der Waals surface area (Å²) in [6.45, 7) is 1.95. The van der Waals surface area contributed by atoms with Crippen LogP contribution in [0.2, 0.25) is 0 Å². The van der Waals surface area contributed by atoms with Crippen LogP contribution in [-0.2, 0) is 0 Å². The molecular formula is C13H9Br2N5OS. The summed E-state index contributed by atoms with van der Waals surface area (Å²) in [5.41, 5.74) is 2.50. The molecule has 22 heavy (non-hydrogen) atoms. The van der Waals surface area contributed by atoms with Gasteiger partial charge in [0.2, 0.25) is 0 Å². The summed E-state index contributed by atoms with van der Waals surface area (Å²) in [6.07, 6.45) is 1.52. The van der Waals surface area contributed by atoms with Gasteiger partial charge in [0, 0.05) is 10.2 Å². The highest BCUT2D eigenvalue weighted by Crippen LogP contribution is 2.32. The standard InChI is InChI=1S/C13H9Br2N5OS/c1-7-2-3-8(4-10(7)20-6-16-18-19-20)17-13(21)11-5-9(14)12(15)22-11/h2-6H,1H3,(H,17,21). The molecule has 0 atom stereocenters. The van der Waals surface area contributed by atoms with Gasteiger partial charge in [-0.2, -0.15) is 0 Å². The Hall–Kier alpha value is -1.58. The van der Waals surface area contributed by atoms with Gasteiger partial charge >= 0.3 is 0 Å². The number of halogens is 2. The number of hydrogen-bond acceptors (Lipinski definition) is 5. The number of nitrogens with one attached hydrogen (secondary N) is 1. The van der Waals surface area contributed by atoms with Gasteiger partial charge in [-0.05, 0) is 73.0 Å². The molecule has 112 valence electrons. The summed E-state index contributed by atoms with van der Waals surface area (Å²) >= 11 is 8.13. The molecule has 0 aliphatic rings. The summed E-state index contributed by atoms with van der Waals surface area (Å²) in [5, 5.41) is 14.0. The van der Waals surface area contributed by atoms with E-state index in [1.54, 1.807) is 10.7 Å². The molecule has 6 nitrogen and oxygen atoms in total. The van der Waals surface area contributed by atoms with E-state index in [4.69, 9.17) is 0 Å². The van der Waals surface area contributed by atoms with E-state index in [2.05, 4.69) is 52.7 Å². The highest BCUT2D eigenvalue weighted by Gasteiger charge is 2.13. The van der Waals surface area contributed by atoms with Crippen molar-refractivity contribution in [2.45, 2.75) is 6.92 Å². The van der Waals surface area contributed by atoms with Crippen LogP contribution in [0.5, 0.6) is 0 Å². The van der Waals surface area contributed by atoms with Crippen molar-refractivity contribution in [1.82, 2.24) is 20.2 Å². The second-order valence-electron chi connectivity index (χ2n) is 4.44. The van der Waals surface area contributed by atoms with E-state index in [1.165, 1.54) is 17.7 Å². The predicted molar refractivity (Wildman–Crippen MR) is 91.6 cm³/mol. The Morgan fingerprint density at radius 3 is 2.77 bits per heavy atom. The number of tetrazole rings is 1. The van der Waals surface area contributed by atoms with Gasteiger partial charge in [-0.15, -0.1) is 16.4 Å². The van der Waals surface area contributed by atoms with E-state index in [9.17, 15) is 4.79 Å².